The average Bonchev–Trinajstić information content (AvgIpc) is 3.19. The number of hydrogen-bond donors (Lipinski definition) is 1. The van der Waals surface area contributed by atoms with E-state index in [2.05, 4.69) is 27.3 Å². The minimum Gasteiger partial charge on any atom is -0.339 e. The molecule has 1 saturated carbocycles. The van der Waals surface area contributed by atoms with Crippen molar-refractivity contribution in [2.75, 3.05) is 19.6 Å². The predicted molar refractivity (Wildman–Crippen MR) is 77.3 cm³/mol. The molecule has 20 heavy (non-hydrogen) atoms. The fourth-order valence-electron chi connectivity index (χ4n) is 2.95. The first-order valence-corrected chi connectivity index (χ1v) is 8.10. The van der Waals surface area contributed by atoms with Crippen molar-refractivity contribution < 1.29 is 4.52 Å². The molecule has 5 nitrogen and oxygen atoms in total. The largest absolute Gasteiger partial charge is 0.339 e. The summed E-state index contributed by atoms with van der Waals surface area (Å²) in [5.41, 5.74) is 0. The number of piperidine rings is 1. The maximum absolute atomic E-state index is 5.26. The second-order valence-electron chi connectivity index (χ2n) is 6.28. The van der Waals surface area contributed by atoms with Gasteiger partial charge in [-0.15, -0.1) is 0 Å². The molecule has 0 bridgehead atoms. The highest BCUT2D eigenvalue weighted by atomic mass is 16.5. The number of likely N-dealkylation sites (tertiary alicyclic amines) is 1. The summed E-state index contributed by atoms with van der Waals surface area (Å²) in [5, 5.41) is 7.75. The van der Waals surface area contributed by atoms with Crippen molar-refractivity contribution in [1.29, 1.82) is 0 Å². The zero-order valence-corrected chi connectivity index (χ0v) is 12.5. The van der Waals surface area contributed by atoms with Gasteiger partial charge in [-0.05, 0) is 51.1 Å². The second kappa shape index (κ2) is 6.68. The van der Waals surface area contributed by atoms with E-state index in [4.69, 9.17) is 4.52 Å². The molecule has 1 saturated heterocycles. The van der Waals surface area contributed by atoms with Gasteiger partial charge in [-0.2, -0.15) is 4.98 Å². The van der Waals surface area contributed by atoms with Crippen LogP contribution in [0.2, 0.25) is 0 Å². The number of aromatic nitrogens is 2. The molecule has 1 aliphatic carbocycles. The van der Waals surface area contributed by atoms with Crippen LogP contribution in [0.15, 0.2) is 4.52 Å². The Morgan fingerprint density at radius 1 is 1.35 bits per heavy atom. The van der Waals surface area contributed by atoms with E-state index in [1.54, 1.807) is 0 Å². The quantitative estimate of drug-likeness (QED) is 0.826. The van der Waals surface area contributed by atoms with Crippen LogP contribution in [0, 0.1) is 5.92 Å². The highest BCUT2D eigenvalue weighted by Gasteiger charge is 2.25. The standard InChI is InChI=1S/C15H26N4O/c1-2-4-15-17-14(18-20-15)11-19-8-3-5-12(10-19)9-16-13-6-7-13/h12-13,16H,2-11H2,1H3. The molecule has 0 spiro atoms. The highest BCUT2D eigenvalue weighted by molar-refractivity contribution is 4.88. The molecule has 1 aliphatic heterocycles. The van der Waals surface area contributed by atoms with Crippen LogP contribution in [0.3, 0.4) is 0 Å². The van der Waals surface area contributed by atoms with Crippen molar-refractivity contribution in [2.45, 2.75) is 58.0 Å². The predicted octanol–water partition coefficient (Wildman–Crippen LogP) is 1.99. The summed E-state index contributed by atoms with van der Waals surface area (Å²) in [7, 11) is 0. The third kappa shape index (κ3) is 4.03. The van der Waals surface area contributed by atoms with E-state index in [9.17, 15) is 0 Å². The molecule has 2 heterocycles. The molecule has 1 aromatic rings. The summed E-state index contributed by atoms with van der Waals surface area (Å²) < 4.78 is 5.26. The molecule has 0 aromatic carbocycles. The van der Waals surface area contributed by atoms with E-state index in [-0.39, 0.29) is 0 Å². The number of aryl methyl sites for hydroxylation is 1. The van der Waals surface area contributed by atoms with Gasteiger partial charge in [-0.3, -0.25) is 4.90 Å². The molecule has 2 fully saturated rings. The van der Waals surface area contributed by atoms with Gasteiger partial charge in [-0.1, -0.05) is 12.1 Å². The van der Waals surface area contributed by atoms with Crippen molar-refractivity contribution in [3.8, 4) is 0 Å². The third-order valence-corrected chi connectivity index (χ3v) is 4.21. The molecular formula is C15H26N4O. The molecule has 1 atom stereocenters. The highest BCUT2D eigenvalue weighted by Crippen LogP contribution is 2.22. The van der Waals surface area contributed by atoms with E-state index < -0.39 is 0 Å². The average molecular weight is 278 g/mol. The zero-order chi connectivity index (χ0) is 13.8. The Labute approximate surface area is 121 Å². The summed E-state index contributed by atoms with van der Waals surface area (Å²) in [6.07, 6.45) is 7.33. The SMILES string of the molecule is CCCc1nc(CN2CCCC(CNC3CC3)C2)no1. The lowest BCUT2D eigenvalue weighted by molar-refractivity contribution is 0.160. The number of hydrogen-bond acceptors (Lipinski definition) is 5. The van der Waals surface area contributed by atoms with Crippen LogP contribution < -0.4 is 5.32 Å². The van der Waals surface area contributed by atoms with Gasteiger partial charge < -0.3 is 9.84 Å². The van der Waals surface area contributed by atoms with Gasteiger partial charge in [-0.25, -0.2) is 0 Å². The number of rotatable bonds is 7. The van der Waals surface area contributed by atoms with Crippen LogP contribution in [0.4, 0.5) is 0 Å². The van der Waals surface area contributed by atoms with Gasteiger partial charge in [0.2, 0.25) is 5.89 Å². The van der Waals surface area contributed by atoms with Gasteiger partial charge in [0.25, 0.3) is 0 Å². The molecule has 1 unspecified atom stereocenters. The summed E-state index contributed by atoms with van der Waals surface area (Å²) in [6.45, 7) is 6.47. The second-order valence-corrected chi connectivity index (χ2v) is 6.28. The monoisotopic (exact) mass is 278 g/mol. The maximum atomic E-state index is 5.26. The van der Waals surface area contributed by atoms with Gasteiger partial charge in [0, 0.05) is 19.0 Å². The van der Waals surface area contributed by atoms with Crippen molar-refractivity contribution in [3.05, 3.63) is 11.7 Å². The molecule has 0 radical (unpaired) electrons. The summed E-state index contributed by atoms with van der Waals surface area (Å²) in [6, 6.07) is 0.819. The summed E-state index contributed by atoms with van der Waals surface area (Å²) in [5.74, 6) is 2.42. The zero-order valence-electron chi connectivity index (χ0n) is 12.5. The Balaban J connectivity index is 1.45. The minimum atomic E-state index is 0.784. The van der Waals surface area contributed by atoms with E-state index >= 15 is 0 Å². The Morgan fingerprint density at radius 3 is 3.05 bits per heavy atom. The van der Waals surface area contributed by atoms with E-state index in [0.717, 1.165) is 56.2 Å². The lowest BCUT2D eigenvalue weighted by Gasteiger charge is -2.32. The van der Waals surface area contributed by atoms with E-state index in [1.807, 2.05) is 0 Å². The first-order valence-electron chi connectivity index (χ1n) is 8.10. The lowest BCUT2D eigenvalue weighted by Crippen LogP contribution is -2.39. The van der Waals surface area contributed by atoms with Gasteiger partial charge in [0.15, 0.2) is 5.82 Å². The molecule has 112 valence electrons. The lowest BCUT2D eigenvalue weighted by atomic mass is 9.98. The van der Waals surface area contributed by atoms with Crippen LogP contribution in [-0.4, -0.2) is 40.7 Å². The molecule has 0 amide bonds. The molecule has 2 aliphatic rings. The van der Waals surface area contributed by atoms with Crippen molar-refractivity contribution in [2.24, 2.45) is 5.92 Å². The molecule has 1 N–H and O–H groups in total. The van der Waals surface area contributed by atoms with Crippen molar-refractivity contribution >= 4 is 0 Å². The van der Waals surface area contributed by atoms with E-state index in [1.165, 1.54) is 32.2 Å². The molecule has 5 heteroatoms. The molecular weight excluding hydrogens is 252 g/mol. The van der Waals surface area contributed by atoms with Crippen molar-refractivity contribution in [1.82, 2.24) is 20.4 Å². The van der Waals surface area contributed by atoms with Crippen molar-refractivity contribution in [3.63, 3.8) is 0 Å². The van der Waals surface area contributed by atoms with Crippen LogP contribution in [0.5, 0.6) is 0 Å². The van der Waals surface area contributed by atoms with Gasteiger partial charge in [0.1, 0.15) is 0 Å². The fourth-order valence-corrected chi connectivity index (χ4v) is 2.95. The number of nitrogens with one attached hydrogen (secondary N) is 1. The number of nitrogens with zero attached hydrogens (tertiary/aromatic N) is 3. The third-order valence-electron chi connectivity index (χ3n) is 4.21. The Morgan fingerprint density at radius 2 is 2.25 bits per heavy atom. The van der Waals surface area contributed by atoms with E-state index in [0.29, 0.717) is 0 Å². The Hall–Kier alpha value is -0.940. The Kier molecular flexibility index (Phi) is 4.68. The minimum absolute atomic E-state index is 0.784. The first-order chi connectivity index (χ1) is 9.83. The van der Waals surface area contributed by atoms with Gasteiger partial charge >= 0.3 is 0 Å². The maximum Gasteiger partial charge on any atom is 0.226 e. The van der Waals surface area contributed by atoms with Crippen LogP contribution in [-0.2, 0) is 13.0 Å². The summed E-state index contributed by atoms with van der Waals surface area (Å²) in [4.78, 5) is 6.94. The summed E-state index contributed by atoms with van der Waals surface area (Å²) >= 11 is 0. The van der Waals surface area contributed by atoms with Crippen LogP contribution >= 0.6 is 0 Å². The van der Waals surface area contributed by atoms with Crippen LogP contribution in [0.25, 0.3) is 0 Å². The van der Waals surface area contributed by atoms with Gasteiger partial charge in [0.05, 0.1) is 6.54 Å². The van der Waals surface area contributed by atoms with Crippen LogP contribution in [0.1, 0.15) is 50.7 Å². The first kappa shape index (κ1) is 14.0. The topological polar surface area (TPSA) is 54.2 Å². The molecule has 1 aromatic heterocycles. The smallest absolute Gasteiger partial charge is 0.226 e. The Bertz CT molecular complexity index is 416. The molecule has 3 rings (SSSR count). The normalized spacial score (nSPS) is 24.1. The fraction of sp³-hybridized carbons (Fsp3) is 0.867.